The number of hydrogen-bond acceptors (Lipinski definition) is 14. The standard InChI is InChI=1S/C24H33NO7.C16H25NO6.CH4O/c1-23(30)19(13-14-26)21(28)25(15-16-9-11-18(31-2)12-10-16)24(23,22(29)32-3)20(27)17-7-5-4-6-8-17;1-15(22)11(8-9-18)13(20)17-16(15,14(21)23-2)12(19)10-6-4-3-5-7-10;1-2/h5,7,9-12,17,19-20,26-27,30H,4,6,8,13-15H2,1-3H3;4,6,10-12,18-19,22H,3,5,7-9H2,1-2H3,(H,17,20);2H,1H3/t17-,19+,20+,23+,24+;10-,11+,12+,15+,16+;/m11./s1. The van der Waals surface area contributed by atoms with Crippen molar-refractivity contribution in [3.63, 3.8) is 0 Å². The molecule has 320 valence electrons. The number of rotatable bonds is 13. The van der Waals surface area contributed by atoms with Crippen molar-refractivity contribution in [2.45, 2.75) is 106 Å². The molecule has 16 heteroatoms. The first-order chi connectivity index (χ1) is 27.1. The van der Waals surface area contributed by atoms with Crippen LogP contribution in [-0.2, 0) is 35.2 Å². The number of hydrogen-bond donors (Lipinski definition) is 8. The lowest BCUT2D eigenvalue weighted by Gasteiger charge is -2.48. The molecule has 4 aliphatic rings. The molecule has 0 radical (unpaired) electrons. The van der Waals surface area contributed by atoms with Crippen LogP contribution in [-0.4, -0.2) is 141 Å². The molecule has 0 unspecified atom stereocenters. The van der Waals surface area contributed by atoms with Crippen molar-refractivity contribution >= 4 is 23.8 Å². The molecule has 0 spiro atoms. The van der Waals surface area contributed by atoms with Gasteiger partial charge in [-0.25, -0.2) is 9.59 Å². The van der Waals surface area contributed by atoms with E-state index in [4.69, 9.17) is 24.4 Å². The summed E-state index contributed by atoms with van der Waals surface area (Å²) in [5.41, 5.74) is -7.16. The Morgan fingerprint density at radius 2 is 1.32 bits per heavy atom. The summed E-state index contributed by atoms with van der Waals surface area (Å²) in [6.45, 7) is 2.03. The number of benzene rings is 1. The number of allylic oxidation sites excluding steroid dienone is 2. The van der Waals surface area contributed by atoms with Crippen LogP contribution in [0.2, 0.25) is 0 Å². The molecule has 2 fully saturated rings. The minimum absolute atomic E-state index is 0.00912. The Bertz CT molecular complexity index is 1580. The number of methoxy groups -OCH3 is 3. The number of nitrogens with zero attached hydrogens (tertiary/aromatic N) is 1. The lowest BCUT2D eigenvalue weighted by atomic mass is 9.67. The van der Waals surface area contributed by atoms with Gasteiger partial charge in [0.2, 0.25) is 11.8 Å². The number of likely N-dealkylation sites (tertiary alicyclic amines) is 1. The van der Waals surface area contributed by atoms with E-state index in [1.165, 1.54) is 25.9 Å². The second-order valence-corrected chi connectivity index (χ2v) is 15.2. The Balaban J connectivity index is 0.000000307. The summed E-state index contributed by atoms with van der Waals surface area (Å²) in [4.78, 5) is 53.0. The highest BCUT2D eigenvalue weighted by molar-refractivity contribution is 5.97. The largest absolute Gasteiger partial charge is 0.497 e. The fraction of sp³-hybridized carbons (Fsp3) is 0.659. The monoisotopic (exact) mass is 806 g/mol. The first kappa shape index (κ1) is 47.5. The maximum Gasteiger partial charge on any atom is 0.337 e. The number of amides is 2. The first-order valence-electron chi connectivity index (χ1n) is 19.3. The fourth-order valence-corrected chi connectivity index (χ4v) is 9.07. The van der Waals surface area contributed by atoms with E-state index in [-0.39, 0.29) is 38.5 Å². The van der Waals surface area contributed by atoms with Gasteiger partial charge in [0.25, 0.3) is 0 Å². The van der Waals surface area contributed by atoms with E-state index < -0.39 is 76.0 Å². The van der Waals surface area contributed by atoms with Crippen LogP contribution in [0.15, 0.2) is 48.6 Å². The van der Waals surface area contributed by atoms with Crippen molar-refractivity contribution in [2.75, 3.05) is 41.7 Å². The Kier molecular flexibility index (Phi) is 16.8. The molecule has 5 rings (SSSR count). The minimum Gasteiger partial charge on any atom is -0.497 e. The number of carbonyl (C=O) groups is 4. The molecule has 10 atom stereocenters. The van der Waals surface area contributed by atoms with Gasteiger partial charge in [0.15, 0.2) is 11.1 Å². The topological polar surface area (TPSA) is 253 Å². The van der Waals surface area contributed by atoms with Crippen LogP contribution in [0.1, 0.15) is 70.8 Å². The van der Waals surface area contributed by atoms with Crippen LogP contribution < -0.4 is 10.1 Å². The number of carbonyl (C=O) groups excluding carboxylic acids is 4. The second kappa shape index (κ2) is 20.2. The molecule has 8 N–H and O–H groups in total. The van der Waals surface area contributed by atoms with E-state index in [1.54, 1.807) is 37.5 Å². The summed E-state index contributed by atoms with van der Waals surface area (Å²) in [6.07, 6.45) is 9.42. The van der Waals surface area contributed by atoms with Crippen LogP contribution in [0.5, 0.6) is 5.75 Å². The number of nitrogens with one attached hydrogen (secondary N) is 1. The average Bonchev–Trinajstić information content (AvgIpc) is 3.53. The molecule has 16 nitrogen and oxygen atoms in total. The average molecular weight is 807 g/mol. The zero-order valence-corrected chi connectivity index (χ0v) is 33.8. The number of aliphatic hydroxyl groups is 7. The van der Waals surface area contributed by atoms with Crippen LogP contribution in [0, 0.1) is 23.7 Å². The third-order valence-corrected chi connectivity index (χ3v) is 12.2. The van der Waals surface area contributed by atoms with Gasteiger partial charge >= 0.3 is 11.9 Å². The van der Waals surface area contributed by atoms with Gasteiger partial charge in [-0.05, 0) is 82.9 Å². The molecule has 1 aromatic carbocycles. The van der Waals surface area contributed by atoms with Gasteiger partial charge in [-0.3, -0.25) is 9.59 Å². The van der Waals surface area contributed by atoms with E-state index >= 15 is 0 Å². The SMILES string of the molecule is CO.COC(=O)[C@]1([C@@H](O)[C@@H]2C=CCCC2)N(Cc2ccc(OC)cc2)C(=O)[C@H](CCO)[C@]1(C)O.COC(=O)[C@]1([C@@H](O)[C@@H]2C=CCCC2)NC(=O)[C@H](CCO)[C@]1(C)O. The molecular formula is C41H62N2O14. The van der Waals surface area contributed by atoms with Gasteiger partial charge in [0.1, 0.15) is 17.0 Å². The van der Waals surface area contributed by atoms with Gasteiger partial charge in [-0.15, -0.1) is 0 Å². The Labute approximate surface area is 334 Å². The summed E-state index contributed by atoms with van der Waals surface area (Å²) in [7, 11) is 4.88. The highest BCUT2D eigenvalue weighted by Gasteiger charge is 2.74. The lowest BCUT2D eigenvalue weighted by molar-refractivity contribution is -0.191. The van der Waals surface area contributed by atoms with Crippen molar-refractivity contribution in [1.29, 1.82) is 0 Å². The lowest BCUT2D eigenvalue weighted by Crippen LogP contribution is -2.71. The fourth-order valence-electron chi connectivity index (χ4n) is 9.07. The van der Waals surface area contributed by atoms with Gasteiger partial charge in [-0.2, -0.15) is 0 Å². The maximum atomic E-state index is 13.6. The van der Waals surface area contributed by atoms with Gasteiger partial charge in [-0.1, -0.05) is 36.4 Å². The van der Waals surface area contributed by atoms with Crippen molar-refractivity contribution in [2.24, 2.45) is 23.7 Å². The molecule has 2 amide bonds. The van der Waals surface area contributed by atoms with E-state index in [9.17, 15) is 44.7 Å². The third kappa shape index (κ3) is 8.63. The molecule has 0 bridgehead atoms. The summed E-state index contributed by atoms with van der Waals surface area (Å²) in [5, 5.41) is 73.4. The van der Waals surface area contributed by atoms with Crippen LogP contribution in [0.25, 0.3) is 0 Å². The minimum atomic E-state index is -2.04. The molecule has 0 aromatic heterocycles. The Hall–Kier alpha value is -3.90. The van der Waals surface area contributed by atoms with Crippen molar-refractivity contribution < 1.29 is 69.1 Å². The van der Waals surface area contributed by atoms with E-state index in [0.717, 1.165) is 39.9 Å². The third-order valence-electron chi connectivity index (χ3n) is 12.2. The summed E-state index contributed by atoms with van der Waals surface area (Å²) < 4.78 is 15.1. The summed E-state index contributed by atoms with van der Waals surface area (Å²) in [5.74, 6) is -5.11. The highest BCUT2D eigenvalue weighted by atomic mass is 16.5. The molecule has 0 saturated carbocycles. The molecule has 2 heterocycles. The zero-order valence-electron chi connectivity index (χ0n) is 33.8. The quantitative estimate of drug-likeness (QED) is 0.100. The maximum absolute atomic E-state index is 13.6. The second-order valence-electron chi connectivity index (χ2n) is 15.2. The molecule has 2 saturated heterocycles. The predicted octanol–water partition coefficient (Wildman–Crippen LogP) is 0.519. The van der Waals surface area contributed by atoms with Crippen molar-refractivity contribution in [3.8, 4) is 5.75 Å². The van der Waals surface area contributed by atoms with Gasteiger partial charge in [0, 0.05) is 38.7 Å². The van der Waals surface area contributed by atoms with Crippen molar-refractivity contribution in [1.82, 2.24) is 10.2 Å². The van der Waals surface area contributed by atoms with Crippen molar-refractivity contribution in [3.05, 3.63) is 54.1 Å². The van der Waals surface area contributed by atoms with E-state index in [2.05, 4.69) is 5.32 Å². The smallest absolute Gasteiger partial charge is 0.337 e. The molecule has 2 aliphatic carbocycles. The number of esters is 2. The highest BCUT2D eigenvalue weighted by Crippen LogP contribution is 2.51. The normalized spacial score (nSPS) is 32.9. The van der Waals surface area contributed by atoms with E-state index in [1.807, 2.05) is 18.2 Å². The first-order valence-corrected chi connectivity index (χ1v) is 19.3. The molecular weight excluding hydrogens is 744 g/mol. The number of aliphatic hydroxyl groups excluding tert-OH is 5. The van der Waals surface area contributed by atoms with Gasteiger partial charge in [0.05, 0.1) is 45.4 Å². The zero-order chi connectivity index (χ0) is 42.8. The molecule has 1 aromatic rings. The molecule has 57 heavy (non-hydrogen) atoms. The predicted molar refractivity (Wildman–Crippen MR) is 206 cm³/mol. The van der Waals surface area contributed by atoms with Crippen LogP contribution >= 0.6 is 0 Å². The summed E-state index contributed by atoms with van der Waals surface area (Å²) >= 11 is 0. The van der Waals surface area contributed by atoms with Crippen LogP contribution in [0.3, 0.4) is 0 Å². The molecule has 2 aliphatic heterocycles. The van der Waals surface area contributed by atoms with Crippen LogP contribution in [0.4, 0.5) is 0 Å². The van der Waals surface area contributed by atoms with Gasteiger partial charge < -0.3 is 60.2 Å². The Morgan fingerprint density at radius 1 is 0.807 bits per heavy atom. The Morgan fingerprint density at radius 3 is 1.77 bits per heavy atom. The number of ether oxygens (including phenoxy) is 3. The summed E-state index contributed by atoms with van der Waals surface area (Å²) in [6, 6.07) is 6.99. The van der Waals surface area contributed by atoms with E-state index in [0.29, 0.717) is 24.2 Å².